The van der Waals surface area contributed by atoms with Crippen molar-refractivity contribution < 1.29 is 9.59 Å². The van der Waals surface area contributed by atoms with E-state index < -0.39 is 0 Å². The Balaban J connectivity index is 1.70. The van der Waals surface area contributed by atoms with Gasteiger partial charge in [0, 0.05) is 24.0 Å². The minimum atomic E-state index is -0.274. The molecule has 6 nitrogen and oxygen atoms in total. The highest BCUT2D eigenvalue weighted by Crippen LogP contribution is 2.31. The van der Waals surface area contributed by atoms with Gasteiger partial charge in [0.1, 0.15) is 0 Å². The number of piperazine rings is 1. The van der Waals surface area contributed by atoms with Crippen molar-refractivity contribution in [3.63, 3.8) is 0 Å². The Bertz CT molecular complexity index is 867. The number of nitrogens with one attached hydrogen (secondary N) is 2. The smallest absolute Gasteiger partial charge is 0.240 e. The third-order valence-electron chi connectivity index (χ3n) is 5.02. The van der Waals surface area contributed by atoms with Gasteiger partial charge in [0.05, 0.1) is 18.3 Å². The molecular formula is C21H28N4O2S. The van der Waals surface area contributed by atoms with Gasteiger partial charge in [0.2, 0.25) is 11.8 Å². The maximum absolute atomic E-state index is 12.6. The minimum absolute atomic E-state index is 0.00379. The third-order valence-corrected chi connectivity index (χ3v) is 5.78. The van der Waals surface area contributed by atoms with Gasteiger partial charge < -0.3 is 10.6 Å². The Kier molecular flexibility index (Phi) is 6.15. The number of hydrogen-bond donors (Lipinski definition) is 2. The fourth-order valence-corrected chi connectivity index (χ4v) is 4.72. The molecule has 1 aliphatic heterocycles. The molecular weight excluding hydrogens is 372 g/mol. The van der Waals surface area contributed by atoms with Gasteiger partial charge in [0.15, 0.2) is 5.13 Å². The highest BCUT2D eigenvalue weighted by atomic mass is 32.1. The summed E-state index contributed by atoms with van der Waals surface area (Å²) in [4.78, 5) is 31.3. The van der Waals surface area contributed by atoms with E-state index in [9.17, 15) is 9.59 Å². The summed E-state index contributed by atoms with van der Waals surface area (Å²) in [5.41, 5.74) is 5.59. The number of nitrogens with zero attached hydrogens (tertiary/aromatic N) is 2. The summed E-state index contributed by atoms with van der Waals surface area (Å²) < 4.78 is 0. The number of amides is 2. The van der Waals surface area contributed by atoms with Crippen LogP contribution in [0, 0.1) is 26.7 Å². The predicted octanol–water partition coefficient (Wildman–Crippen LogP) is 3.13. The SMILES string of the molecule is Cc1cc(C)c(-c2csc(NC(=O)CN3CCNC(=O)C3C(C)C)n2)c(C)c1. The number of aryl methyl sites for hydroxylation is 3. The second-order valence-corrected chi connectivity index (χ2v) is 8.67. The Morgan fingerprint density at radius 3 is 2.64 bits per heavy atom. The first kappa shape index (κ1) is 20.5. The van der Waals surface area contributed by atoms with Gasteiger partial charge in [0.25, 0.3) is 0 Å². The van der Waals surface area contributed by atoms with Crippen LogP contribution in [0.15, 0.2) is 17.5 Å². The van der Waals surface area contributed by atoms with Crippen LogP contribution in [-0.4, -0.2) is 47.4 Å². The van der Waals surface area contributed by atoms with E-state index in [2.05, 4.69) is 48.5 Å². The van der Waals surface area contributed by atoms with Gasteiger partial charge in [-0.15, -0.1) is 11.3 Å². The molecule has 1 atom stereocenters. The first-order chi connectivity index (χ1) is 13.3. The van der Waals surface area contributed by atoms with Crippen LogP contribution in [0.25, 0.3) is 11.3 Å². The van der Waals surface area contributed by atoms with Crippen molar-refractivity contribution in [2.45, 2.75) is 40.7 Å². The van der Waals surface area contributed by atoms with Crippen LogP contribution >= 0.6 is 11.3 Å². The molecule has 2 N–H and O–H groups in total. The number of anilines is 1. The predicted molar refractivity (Wildman–Crippen MR) is 114 cm³/mol. The van der Waals surface area contributed by atoms with E-state index in [-0.39, 0.29) is 30.3 Å². The van der Waals surface area contributed by atoms with Gasteiger partial charge in [-0.1, -0.05) is 31.5 Å². The number of rotatable bonds is 5. The van der Waals surface area contributed by atoms with Crippen molar-refractivity contribution in [3.05, 3.63) is 34.2 Å². The van der Waals surface area contributed by atoms with Crippen molar-refractivity contribution in [1.82, 2.24) is 15.2 Å². The standard InChI is InChI=1S/C21H28N4O2S/c1-12(2)19-20(27)22-6-7-25(19)10-17(26)24-21-23-16(11-28-21)18-14(4)8-13(3)9-15(18)5/h8-9,11-12,19H,6-7,10H2,1-5H3,(H,22,27)(H,23,24,26). The zero-order valence-corrected chi connectivity index (χ0v) is 17.9. The highest BCUT2D eigenvalue weighted by Gasteiger charge is 2.33. The summed E-state index contributed by atoms with van der Waals surface area (Å²) in [7, 11) is 0. The molecule has 1 unspecified atom stereocenters. The molecule has 0 saturated carbocycles. The van der Waals surface area contributed by atoms with Crippen LogP contribution in [0.2, 0.25) is 0 Å². The summed E-state index contributed by atoms with van der Waals surface area (Å²) in [5.74, 6) is 0.00144. The Hall–Kier alpha value is -2.25. The molecule has 2 aromatic rings. The number of carbonyl (C=O) groups is 2. The van der Waals surface area contributed by atoms with Gasteiger partial charge >= 0.3 is 0 Å². The monoisotopic (exact) mass is 400 g/mol. The number of aromatic nitrogens is 1. The molecule has 1 aliphatic rings. The molecule has 0 spiro atoms. The number of thiazole rings is 1. The lowest BCUT2D eigenvalue weighted by Crippen LogP contribution is -2.58. The maximum Gasteiger partial charge on any atom is 0.240 e. The topological polar surface area (TPSA) is 74.3 Å². The summed E-state index contributed by atoms with van der Waals surface area (Å²) in [5, 5.41) is 8.34. The molecule has 2 heterocycles. The molecule has 2 amide bonds. The largest absolute Gasteiger partial charge is 0.353 e. The van der Waals surface area contributed by atoms with E-state index in [1.807, 2.05) is 24.1 Å². The van der Waals surface area contributed by atoms with E-state index >= 15 is 0 Å². The lowest BCUT2D eigenvalue weighted by Gasteiger charge is -2.36. The summed E-state index contributed by atoms with van der Waals surface area (Å²) in [6, 6.07) is 4.02. The molecule has 1 aromatic carbocycles. The van der Waals surface area contributed by atoms with Gasteiger partial charge in [-0.05, 0) is 37.8 Å². The molecule has 1 aromatic heterocycles. The zero-order valence-electron chi connectivity index (χ0n) is 17.1. The van der Waals surface area contributed by atoms with Crippen LogP contribution in [0.3, 0.4) is 0 Å². The van der Waals surface area contributed by atoms with E-state index in [0.29, 0.717) is 18.2 Å². The Morgan fingerprint density at radius 2 is 2.00 bits per heavy atom. The van der Waals surface area contributed by atoms with Crippen LogP contribution < -0.4 is 10.6 Å². The van der Waals surface area contributed by atoms with Crippen molar-refractivity contribution >= 4 is 28.3 Å². The lowest BCUT2D eigenvalue weighted by atomic mass is 9.98. The average Bonchev–Trinajstić information content (AvgIpc) is 3.01. The maximum atomic E-state index is 12.6. The van der Waals surface area contributed by atoms with E-state index in [1.54, 1.807) is 0 Å². The molecule has 28 heavy (non-hydrogen) atoms. The van der Waals surface area contributed by atoms with E-state index in [1.165, 1.54) is 28.0 Å². The third kappa shape index (κ3) is 4.42. The number of hydrogen-bond acceptors (Lipinski definition) is 5. The normalized spacial score (nSPS) is 17.6. The summed E-state index contributed by atoms with van der Waals surface area (Å²) in [6.07, 6.45) is 0. The van der Waals surface area contributed by atoms with Gasteiger partial charge in [-0.3, -0.25) is 14.5 Å². The van der Waals surface area contributed by atoms with Crippen molar-refractivity contribution in [1.29, 1.82) is 0 Å². The molecule has 3 rings (SSSR count). The van der Waals surface area contributed by atoms with Crippen molar-refractivity contribution in [2.24, 2.45) is 5.92 Å². The van der Waals surface area contributed by atoms with E-state index in [0.717, 1.165) is 11.3 Å². The fraction of sp³-hybridized carbons (Fsp3) is 0.476. The molecule has 1 fully saturated rings. The zero-order chi connectivity index (χ0) is 20.4. The molecule has 0 aliphatic carbocycles. The van der Waals surface area contributed by atoms with Crippen LogP contribution in [0.1, 0.15) is 30.5 Å². The Labute approximate surface area is 170 Å². The van der Waals surface area contributed by atoms with Crippen molar-refractivity contribution in [2.75, 3.05) is 25.0 Å². The Morgan fingerprint density at radius 1 is 1.32 bits per heavy atom. The molecule has 150 valence electrons. The lowest BCUT2D eigenvalue weighted by molar-refractivity contribution is -0.132. The van der Waals surface area contributed by atoms with E-state index in [4.69, 9.17) is 0 Å². The number of benzene rings is 1. The van der Waals surface area contributed by atoms with Crippen LogP contribution in [-0.2, 0) is 9.59 Å². The molecule has 0 radical (unpaired) electrons. The highest BCUT2D eigenvalue weighted by molar-refractivity contribution is 7.14. The first-order valence-electron chi connectivity index (χ1n) is 9.61. The number of carbonyl (C=O) groups excluding carboxylic acids is 2. The second kappa shape index (κ2) is 8.41. The minimum Gasteiger partial charge on any atom is -0.353 e. The second-order valence-electron chi connectivity index (χ2n) is 7.81. The summed E-state index contributed by atoms with van der Waals surface area (Å²) >= 11 is 1.42. The average molecular weight is 401 g/mol. The molecule has 0 bridgehead atoms. The fourth-order valence-electron chi connectivity index (χ4n) is 4.01. The van der Waals surface area contributed by atoms with Crippen LogP contribution in [0.4, 0.5) is 5.13 Å². The van der Waals surface area contributed by atoms with Gasteiger partial charge in [-0.25, -0.2) is 4.98 Å². The van der Waals surface area contributed by atoms with Crippen LogP contribution in [0.5, 0.6) is 0 Å². The first-order valence-corrected chi connectivity index (χ1v) is 10.5. The summed E-state index contributed by atoms with van der Waals surface area (Å²) in [6.45, 7) is 11.7. The quantitative estimate of drug-likeness (QED) is 0.809. The molecule has 7 heteroatoms. The van der Waals surface area contributed by atoms with Crippen molar-refractivity contribution in [3.8, 4) is 11.3 Å². The molecule has 1 saturated heterocycles. The van der Waals surface area contributed by atoms with Gasteiger partial charge in [-0.2, -0.15) is 0 Å².